The molecule has 0 saturated heterocycles. The van der Waals surface area contributed by atoms with Gasteiger partial charge >= 0.3 is 0 Å². The molecule has 0 aliphatic heterocycles. The van der Waals surface area contributed by atoms with Crippen molar-refractivity contribution in [3.8, 4) is 0 Å². The predicted octanol–water partition coefficient (Wildman–Crippen LogP) is 0.807. The lowest BCUT2D eigenvalue weighted by molar-refractivity contribution is -0.117. The van der Waals surface area contributed by atoms with Crippen molar-refractivity contribution in [1.29, 1.82) is 0 Å². The summed E-state index contributed by atoms with van der Waals surface area (Å²) in [6, 6.07) is 0. The van der Waals surface area contributed by atoms with E-state index in [2.05, 4.69) is 13.2 Å². The maximum absolute atomic E-state index is 10.9. The Morgan fingerprint density at radius 1 is 1.10 bits per heavy atom. The summed E-state index contributed by atoms with van der Waals surface area (Å²) >= 11 is 0. The van der Waals surface area contributed by atoms with E-state index in [1.807, 2.05) is 0 Å². The Labute approximate surface area is 58.5 Å². The summed E-state index contributed by atoms with van der Waals surface area (Å²) in [6.07, 6.45) is 2.70. The van der Waals surface area contributed by atoms with Crippen molar-refractivity contribution in [2.45, 2.75) is 0 Å². The van der Waals surface area contributed by atoms with Crippen LogP contribution in [0.25, 0.3) is 0 Å². The molecule has 2 heteroatoms. The molecule has 0 atom stereocenters. The molecule has 0 aromatic heterocycles. The van der Waals surface area contributed by atoms with E-state index in [1.165, 1.54) is 12.2 Å². The lowest BCUT2D eigenvalue weighted by Gasteiger charge is -2.04. The maximum Gasteiger partial charge on any atom is 0.195 e. The summed E-state index contributed by atoms with van der Waals surface area (Å²) in [7, 11) is 0. The molecular formula is C8H6O2. The maximum atomic E-state index is 10.9. The number of hydrogen-bond acceptors (Lipinski definition) is 2. The number of ketones is 2. The third kappa shape index (κ3) is 0.838. The second kappa shape index (κ2) is 2.06. The van der Waals surface area contributed by atoms with Crippen LogP contribution in [0.15, 0.2) is 36.5 Å². The van der Waals surface area contributed by atoms with Crippen LogP contribution in [0.4, 0.5) is 0 Å². The van der Waals surface area contributed by atoms with Gasteiger partial charge in [-0.3, -0.25) is 9.59 Å². The molecule has 0 aromatic rings. The molecule has 0 spiro atoms. The Balaban J connectivity index is 3.13. The van der Waals surface area contributed by atoms with Crippen LogP contribution in [-0.4, -0.2) is 11.6 Å². The van der Waals surface area contributed by atoms with E-state index in [-0.39, 0.29) is 17.1 Å². The lowest BCUT2D eigenvalue weighted by Crippen LogP contribution is -2.14. The van der Waals surface area contributed by atoms with Crippen molar-refractivity contribution in [3.63, 3.8) is 0 Å². The van der Waals surface area contributed by atoms with E-state index in [1.54, 1.807) is 0 Å². The molecule has 50 valence electrons. The van der Waals surface area contributed by atoms with Crippen LogP contribution in [0, 0.1) is 0 Å². The zero-order valence-corrected chi connectivity index (χ0v) is 5.39. The van der Waals surface area contributed by atoms with Crippen molar-refractivity contribution in [3.05, 3.63) is 36.5 Å². The van der Waals surface area contributed by atoms with Crippen LogP contribution in [0.3, 0.4) is 0 Å². The Bertz CT molecular complexity index is 241. The van der Waals surface area contributed by atoms with Crippen LogP contribution in [0.2, 0.25) is 0 Å². The van der Waals surface area contributed by atoms with Crippen molar-refractivity contribution in [1.82, 2.24) is 0 Å². The van der Waals surface area contributed by atoms with Crippen molar-refractivity contribution >= 4 is 11.6 Å². The average molecular weight is 134 g/mol. The van der Waals surface area contributed by atoms with E-state index in [0.29, 0.717) is 5.57 Å². The molecule has 0 unspecified atom stereocenters. The number of carbonyl (C=O) groups excluding carboxylic acids is 2. The van der Waals surface area contributed by atoms with Crippen LogP contribution < -0.4 is 0 Å². The van der Waals surface area contributed by atoms with Crippen LogP contribution in [0.1, 0.15) is 0 Å². The van der Waals surface area contributed by atoms with Gasteiger partial charge in [0.1, 0.15) is 0 Å². The van der Waals surface area contributed by atoms with Gasteiger partial charge < -0.3 is 0 Å². The fraction of sp³-hybridized carbons (Fsp3) is 0. The number of carbonyl (C=O) groups is 2. The molecule has 1 aliphatic rings. The highest BCUT2D eigenvalue weighted by Gasteiger charge is 2.18. The Kier molecular flexibility index (Phi) is 1.38. The predicted molar refractivity (Wildman–Crippen MR) is 37.4 cm³/mol. The topological polar surface area (TPSA) is 34.1 Å². The van der Waals surface area contributed by atoms with Crippen molar-refractivity contribution < 1.29 is 9.59 Å². The molecule has 1 rings (SSSR count). The largest absolute Gasteiger partial charge is 0.289 e. The summed E-state index contributed by atoms with van der Waals surface area (Å²) < 4.78 is 0. The zero-order chi connectivity index (χ0) is 7.72. The van der Waals surface area contributed by atoms with Gasteiger partial charge in [0.05, 0.1) is 5.57 Å². The monoisotopic (exact) mass is 134 g/mol. The fourth-order valence-electron chi connectivity index (χ4n) is 0.658. The van der Waals surface area contributed by atoms with Crippen LogP contribution in [-0.2, 0) is 9.59 Å². The first-order valence-corrected chi connectivity index (χ1v) is 2.78. The summed E-state index contributed by atoms with van der Waals surface area (Å²) in [5.41, 5.74) is 0.331. The quantitative estimate of drug-likeness (QED) is 0.363. The third-order valence-electron chi connectivity index (χ3n) is 1.30. The average Bonchev–Trinajstić information content (AvgIpc) is 1.93. The molecular weight excluding hydrogens is 128 g/mol. The van der Waals surface area contributed by atoms with Crippen LogP contribution in [0.5, 0.6) is 0 Å². The minimum atomic E-state index is -0.354. The van der Waals surface area contributed by atoms with E-state index >= 15 is 0 Å². The molecule has 0 bridgehead atoms. The molecule has 0 aromatic carbocycles. The molecule has 2 nitrogen and oxygen atoms in total. The molecule has 1 aliphatic carbocycles. The van der Waals surface area contributed by atoms with Crippen molar-refractivity contribution in [2.24, 2.45) is 0 Å². The van der Waals surface area contributed by atoms with Crippen molar-refractivity contribution in [2.75, 3.05) is 0 Å². The first kappa shape index (κ1) is 6.68. The highest BCUT2D eigenvalue weighted by molar-refractivity contribution is 6.31. The van der Waals surface area contributed by atoms with Gasteiger partial charge in [0.25, 0.3) is 0 Å². The van der Waals surface area contributed by atoms with Gasteiger partial charge in [-0.15, -0.1) is 0 Å². The smallest absolute Gasteiger partial charge is 0.195 e. The fourth-order valence-corrected chi connectivity index (χ4v) is 0.658. The van der Waals surface area contributed by atoms with Gasteiger partial charge in [-0.2, -0.15) is 0 Å². The number of hydrogen-bond donors (Lipinski definition) is 0. The van der Waals surface area contributed by atoms with E-state index in [9.17, 15) is 9.59 Å². The van der Waals surface area contributed by atoms with Gasteiger partial charge in [-0.1, -0.05) is 13.2 Å². The summed E-state index contributed by atoms with van der Waals surface area (Å²) in [5.74, 6) is -0.676. The molecule has 0 fully saturated rings. The normalized spacial score (nSPS) is 18.4. The summed E-state index contributed by atoms with van der Waals surface area (Å²) in [6.45, 7) is 6.75. The molecule has 0 radical (unpaired) electrons. The molecule has 0 saturated carbocycles. The van der Waals surface area contributed by atoms with Crippen LogP contribution >= 0.6 is 0 Å². The van der Waals surface area contributed by atoms with E-state index < -0.39 is 0 Å². The Morgan fingerprint density at radius 3 is 2.20 bits per heavy atom. The highest BCUT2D eigenvalue weighted by Crippen LogP contribution is 2.11. The number of Topliss-reactive ketones (excluding diaryl/α,β-unsaturated/α-hetero) is 1. The Morgan fingerprint density at radius 2 is 1.70 bits per heavy atom. The second-order valence-electron chi connectivity index (χ2n) is 2.03. The number of rotatable bonds is 0. The first-order valence-electron chi connectivity index (χ1n) is 2.78. The molecule has 0 amide bonds. The van der Waals surface area contributed by atoms with E-state index in [4.69, 9.17) is 0 Å². The standard InChI is InChI=1S/C8H6O2/c1-5-3-4-7(9)6(2)8(5)10/h3-4H,1-2H2. The van der Waals surface area contributed by atoms with Gasteiger partial charge in [-0.05, 0) is 12.2 Å². The lowest BCUT2D eigenvalue weighted by atomic mass is 9.97. The highest BCUT2D eigenvalue weighted by atomic mass is 16.1. The number of allylic oxidation sites excluding steroid dienone is 4. The second-order valence-corrected chi connectivity index (χ2v) is 2.03. The molecule has 10 heavy (non-hydrogen) atoms. The van der Waals surface area contributed by atoms with E-state index in [0.717, 1.165) is 0 Å². The van der Waals surface area contributed by atoms with Gasteiger partial charge in [-0.25, -0.2) is 0 Å². The van der Waals surface area contributed by atoms with Gasteiger partial charge in [0.15, 0.2) is 11.6 Å². The minimum absolute atomic E-state index is 0.00694. The third-order valence-corrected chi connectivity index (χ3v) is 1.30. The first-order chi connectivity index (χ1) is 4.63. The van der Waals surface area contributed by atoms with Gasteiger partial charge in [0, 0.05) is 5.57 Å². The summed E-state index contributed by atoms with van der Waals surface area (Å²) in [4.78, 5) is 21.6. The Hall–Kier alpha value is -1.44. The zero-order valence-electron chi connectivity index (χ0n) is 5.39. The SMILES string of the molecule is C=C1C=CC(=O)C(=C)C1=O. The summed E-state index contributed by atoms with van der Waals surface area (Å²) in [5, 5.41) is 0. The van der Waals surface area contributed by atoms with Gasteiger partial charge in [0.2, 0.25) is 0 Å². The molecule has 0 N–H and O–H groups in total. The minimum Gasteiger partial charge on any atom is -0.289 e. The molecule has 0 heterocycles.